The van der Waals surface area contributed by atoms with E-state index in [9.17, 15) is 9.59 Å². The molecule has 118 valence electrons. The number of rotatable bonds is 7. The maximum Gasteiger partial charge on any atom is 0.227 e. The van der Waals surface area contributed by atoms with Crippen LogP contribution in [-0.4, -0.2) is 17.6 Å². The molecule has 0 unspecified atom stereocenters. The summed E-state index contributed by atoms with van der Waals surface area (Å²) in [5.41, 5.74) is 6.65. The van der Waals surface area contributed by atoms with Crippen LogP contribution in [0, 0.1) is 6.92 Å². The van der Waals surface area contributed by atoms with E-state index in [-0.39, 0.29) is 17.6 Å². The van der Waals surface area contributed by atoms with Gasteiger partial charge in [-0.05, 0) is 31.0 Å². The molecule has 0 fully saturated rings. The number of hydrogen-bond acceptors (Lipinski definition) is 3. The largest absolute Gasteiger partial charge is 0.369 e. The summed E-state index contributed by atoms with van der Waals surface area (Å²) in [5.74, 6) is -0.116. The summed E-state index contributed by atoms with van der Waals surface area (Å²) in [7, 11) is 0. The van der Waals surface area contributed by atoms with Gasteiger partial charge in [-0.25, -0.2) is 0 Å². The first kappa shape index (κ1) is 19.5. The normalized spacial score (nSPS) is 9.48. The molecule has 0 saturated heterocycles. The van der Waals surface area contributed by atoms with Crippen LogP contribution in [0.15, 0.2) is 24.3 Å². The Morgan fingerprint density at radius 2 is 1.90 bits per heavy atom. The lowest BCUT2D eigenvalue weighted by Crippen LogP contribution is -2.10. The van der Waals surface area contributed by atoms with E-state index in [1.54, 1.807) is 0 Å². The minimum atomic E-state index is -0.381. The van der Waals surface area contributed by atoms with E-state index in [4.69, 9.17) is 0 Å². The Hall–Kier alpha value is -1.49. The fourth-order valence-electron chi connectivity index (χ4n) is 1.66. The van der Waals surface area contributed by atoms with E-state index in [2.05, 4.69) is 30.6 Å². The van der Waals surface area contributed by atoms with Crippen molar-refractivity contribution in [1.82, 2.24) is 0 Å². The van der Waals surface area contributed by atoms with Crippen LogP contribution < -0.4 is 11.1 Å². The highest BCUT2D eigenvalue weighted by atomic mass is 32.1. The SMILES string of the molecule is CCCCCCC(=O)Nc1cccc(C)c1.NC(=O)CS. The molecule has 21 heavy (non-hydrogen) atoms. The van der Waals surface area contributed by atoms with E-state index in [0.717, 1.165) is 18.5 Å². The highest BCUT2D eigenvalue weighted by molar-refractivity contribution is 7.81. The van der Waals surface area contributed by atoms with Crippen LogP contribution in [0.25, 0.3) is 0 Å². The molecule has 0 spiro atoms. The van der Waals surface area contributed by atoms with Gasteiger partial charge in [-0.15, -0.1) is 0 Å². The van der Waals surface area contributed by atoms with Crippen molar-refractivity contribution in [2.45, 2.75) is 46.0 Å². The predicted molar refractivity (Wildman–Crippen MR) is 91.6 cm³/mol. The zero-order valence-corrected chi connectivity index (χ0v) is 13.8. The Morgan fingerprint density at radius 3 is 2.43 bits per heavy atom. The van der Waals surface area contributed by atoms with E-state index in [0.29, 0.717) is 6.42 Å². The summed E-state index contributed by atoms with van der Waals surface area (Å²) < 4.78 is 0. The predicted octanol–water partition coefficient (Wildman–Crippen LogP) is 3.31. The summed E-state index contributed by atoms with van der Waals surface area (Å²) in [6.07, 6.45) is 5.20. The number of amides is 2. The highest BCUT2D eigenvalue weighted by Crippen LogP contribution is 2.11. The molecule has 3 N–H and O–H groups in total. The zero-order valence-electron chi connectivity index (χ0n) is 12.9. The zero-order chi connectivity index (χ0) is 16.1. The van der Waals surface area contributed by atoms with Crippen LogP contribution in [0.4, 0.5) is 5.69 Å². The van der Waals surface area contributed by atoms with E-state index < -0.39 is 0 Å². The number of aryl methyl sites for hydroxylation is 1. The lowest BCUT2D eigenvalue weighted by molar-refractivity contribution is -0.116. The van der Waals surface area contributed by atoms with Gasteiger partial charge >= 0.3 is 0 Å². The van der Waals surface area contributed by atoms with Crippen LogP contribution >= 0.6 is 12.6 Å². The molecular weight excluding hydrogens is 284 g/mol. The average molecular weight is 310 g/mol. The Balaban J connectivity index is 0.000000690. The second kappa shape index (κ2) is 12.3. The van der Waals surface area contributed by atoms with Crippen molar-refractivity contribution in [2.24, 2.45) is 5.73 Å². The molecule has 1 aromatic rings. The molecule has 1 rings (SSSR count). The number of anilines is 1. The molecule has 0 bridgehead atoms. The second-order valence-electron chi connectivity index (χ2n) is 4.85. The second-order valence-corrected chi connectivity index (χ2v) is 5.17. The molecule has 4 nitrogen and oxygen atoms in total. The number of hydrogen-bond donors (Lipinski definition) is 3. The first-order valence-corrected chi connectivity index (χ1v) is 7.88. The molecule has 0 radical (unpaired) electrons. The molecule has 0 heterocycles. The Morgan fingerprint density at radius 1 is 1.24 bits per heavy atom. The number of thiol groups is 1. The van der Waals surface area contributed by atoms with Gasteiger partial charge in [0.05, 0.1) is 5.75 Å². The number of carbonyl (C=O) groups is 2. The number of nitrogens with one attached hydrogen (secondary N) is 1. The van der Waals surface area contributed by atoms with Gasteiger partial charge in [0.25, 0.3) is 0 Å². The molecule has 0 aliphatic rings. The number of benzene rings is 1. The van der Waals surface area contributed by atoms with Crippen LogP contribution in [0.1, 0.15) is 44.6 Å². The molecule has 0 aliphatic carbocycles. The minimum absolute atomic E-state index is 0.127. The third-order valence-electron chi connectivity index (χ3n) is 2.72. The van der Waals surface area contributed by atoms with E-state index in [1.165, 1.54) is 18.4 Å². The summed E-state index contributed by atoms with van der Waals surface area (Å²) in [6.45, 7) is 4.20. The van der Waals surface area contributed by atoms with E-state index >= 15 is 0 Å². The molecule has 1 aromatic carbocycles. The summed E-state index contributed by atoms with van der Waals surface area (Å²) in [5, 5.41) is 2.92. The first-order valence-electron chi connectivity index (χ1n) is 7.25. The van der Waals surface area contributed by atoms with Crippen molar-refractivity contribution in [3.63, 3.8) is 0 Å². The van der Waals surface area contributed by atoms with Crippen molar-refractivity contribution >= 4 is 30.1 Å². The van der Waals surface area contributed by atoms with Crippen LogP contribution in [0.3, 0.4) is 0 Å². The standard InChI is InChI=1S/C14H21NO.C2H5NOS/c1-3-4-5-6-10-14(16)15-13-9-7-8-12(2)11-13;3-2(4)1-5/h7-9,11H,3-6,10H2,1-2H3,(H,15,16);5H,1H2,(H2,3,4). The van der Waals surface area contributed by atoms with Gasteiger partial charge in [0, 0.05) is 12.1 Å². The summed E-state index contributed by atoms with van der Waals surface area (Å²) in [6, 6.07) is 7.90. The average Bonchev–Trinajstić information content (AvgIpc) is 2.44. The topological polar surface area (TPSA) is 72.2 Å². The molecule has 0 aromatic heterocycles. The van der Waals surface area contributed by atoms with Gasteiger partial charge in [0.15, 0.2) is 0 Å². The molecular formula is C16H26N2O2S. The maximum absolute atomic E-state index is 11.6. The van der Waals surface area contributed by atoms with Gasteiger partial charge in [-0.2, -0.15) is 12.6 Å². The molecule has 0 atom stereocenters. The monoisotopic (exact) mass is 310 g/mol. The Bertz CT molecular complexity index is 436. The Kier molecular flexibility index (Phi) is 11.4. The minimum Gasteiger partial charge on any atom is -0.369 e. The van der Waals surface area contributed by atoms with Gasteiger partial charge in [0.1, 0.15) is 0 Å². The van der Waals surface area contributed by atoms with Crippen LogP contribution in [0.5, 0.6) is 0 Å². The fraction of sp³-hybridized carbons (Fsp3) is 0.500. The van der Waals surface area contributed by atoms with Crippen molar-refractivity contribution < 1.29 is 9.59 Å². The fourth-order valence-corrected chi connectivity index (χ4v) is 1.66. The number of nitrogens with two attached hydrogens (primary N) is 1. The lowest BCUT2D eigenvalue weighted by Gasteiger charge is -2.05. The van der Waals surface area contributed by atoms with E-state index in [1.807, 2.05) is 31.2 Å². The Labute approximate surface area is 132 Å². The highest BCUT2D eigenvalue weighted by Gasteiger charge is 2.01. The molecule has 2 amide bonds. The van der Waals surface area contributed by atoms with Crippen LogP contribution in [-0.2, 0) is 9.59 Å². The number of unbranched alkanes of at least 4 members (excludes halogenated alkanes) is 3. The quantitative estimate of drug-likeness (QED) is 0.534. The molecule has 5 heteroatoms. The smallest absolute Gasteiger partial charge is 0.227 e. The van der Waals surface area contributed by atoms with Crippen molar-refractivity contribution in [2.75, 3.05) is 11.1 Å². The van der Waals surface area contributed by atoms with Crippen molar-refractivity contribution in [3.8, 4) is 0 Å². The van der Waals surface area contributed by atoms with Crippen molar-refractivity contribution in [1.29, 1.82) is 0 Å². The van der Waals surface area contributed by atoms with Gasteiger partial charge in [0.2, 0.25) is 11.8 Å². The first-order chi connectivity index (χ1) is 9.99. The number of primary amides is 1. The molecule has 0 saturated carbocycles. The number of carbonyl (C=O) groups excluding carboxylic acids is 2. The summed E-state index contributed by atoms with van der Waals surface area (Å²) >= 11 is 3.54. The van der Waals surface area contributed by atoms with Crippen molar-refractivity contribution in [3.05, 3.63) is 29.8 Å². The lowest BCUT2D eigenvalue weighted by atomic mass is 10.1. The van der Waals surface area contributed by atoms with Crippen LogP contribution in [0.2, 0.25) is 0 Å². The van der Waals surface area contributed by atoms with Gasteiger partial charge in [-0.1, -0.05) is 38.3 Å². The van der Waals surface area contributed by atoms with Gasteiger partial charge < -0.3 is 11.1 Å². The third kappa shape index (κ3) is 12.0. The maximum atomic E-state index is 11.6. The summed E-state index contributed by atoms with van der Waals surface area (Å²) in [4.78, 5) is 21.1. The molecule has 0 aliphatic heterocycles. The third-order valence-corrected chi connectivity index (χ3v) is 3.03. The van der Waals surface area contributed by atoms with Gasteiger partial charge in [-0.3, -0.25) is 9.59 Å².